The lowest BCUT2D eigenvalue weighted by molar-refractivity contribution is 0.588. The average molecular weight is 326 g/mol. The Balaban J connectivity index is 2.17. The summed E-state index contributed by atoms with van der Waals surface area (Å²) in [5, 5.41) is 3.83. The van der Waals surface area contributed by atoms with Gasteiger partial charge >= 0.3 is 0 Å². The van der Waals surface area contributed by atoms with Gasteiger partial charge in [-0.2, -0.15) is 0 Å². The fraction of sp³-hybridized carbons (Fsp3) is 0.143. The Kier molecular flexibility index (Phi) is 4.72. The SMILES string of the molecule is CNS(=O)(=O)c1ccc(NCc2ccccc2Cl)cc1N. The van der Waals surface area contributed by atoms with Gasteiger partial charge < -0.3 is 11.1 Å². The Morgan fingerprint density at radius 3 is 2.52 bits per heavy atom. The minimum atomic E-state index is -3.54. The molecule has 0 amide bonds. The van der Waals surface area contributed by atoms with Crippen molar-refractivity contribution < 1.29 is 8.42 Å². The topological polar surface area (TPSA) is 84.2 Å². The Morgan fingerprint density at radius 2 is 1.90 bits per heavy atom. The van der Waals surface area contributed by atoms with Crippen molar-refractivity contribution in [1.82, 2.24) is 4.72 Å². The van der Waals surface area contributed by atoms with E-state index >= 15 is 0 Å². The molecule has 0 atom stereocenters. The molecule has 0 aromatic heterocycles. The van der Waals surface area contributed by atoms with Crippen LogP contribution in [0.1, 0.15) is 5.56 Å². The monoisotopic (exact) mass is 325 g/mol. The minimum absolute atomic E-state index is 0.0632. The van der Waals surface area contributed by atoms with Crippen molar-refractivity contribution in [3.63, 3.8) is 0 Å². The van der Waals surface area contributed by atoms with Gasteiger partial charge in [0.05, 0.1) is 5.69 Å². The summed E-state index contributed by atoms with van der Waals surface area (Å²) < 4.78 is 25.7. The van der Waals surface area contributed by atoms with Gasteiger partial charge in [0.15, 0.2) is 0 Å². The summed E-state index contributed by atoms with van der Waals surface area (Å²) in [7, 11) is -2.20. The van der Waals surface area contributed by atoms with Gasteiger partial charge in [-0.25, -0.2) is 13.1 Å². The molecular formula is C14H16ClN3O2S. The first-order valence-electron chi connectivity index (χ1n) is 6.24. The van der Waals surface area contributed by atoms with Gasteiger partial charge in [0, 0.05) is 17.3 Å². The van der Waals surface area contributed by atoms with Crippen molar-refractivity contribution in [3.8, 4) is 0 Å². The molecule has 2 rings (SSSR count). The summed E-state index contributed by atoms with van der Waals surface area (Å²) in [6.45, 7) is 0.525. The molecule has 0 aliphatic heterocycles. The number of halogens is 1. The van der Waals surface area contributed by atoms with Crippen LogP contribution < -0.4 is 15.8 Å². The molecule has 0 aliphatic carbocycles. The molecule has 7 heteroatoms. The lowest BCUT2D eigenvalue weighted by atomic mass is 10.2. The number of benzene rings is 2. The van der Waals surface area contributed by atoms with E-state index in [1.165, 1.54) is 13.1 Å². The summed E-state index contributed by atoms with van der Waals surface area (Å²) in [4.78, 5) is 0.0632. The van der Waals surface area contributed by atoms with Crippen LogP contribution in [0.25, 0.3) is 0 Å². The number of anilines is 2. The highest BCUT2D eigenvalue weighted by molar-refractivity contribution is 7.89. The molecule has 0 aliphatic rings. The van der Waals surface area contributed by atoms with Gasteiger partial charge in [-0.3, -0.25) is 0 Å². The van der Waals surface area contributed by atoms with Gasteiger partial charge in [0.1, 0.15) is 4.90 Å². The second-order valence-electron chi connectivity index (χ2n) is 4.41. The molecule has 0 bridgehead atoms. The molecule has 0 fully saturated rings. The van der Waals surface area contributed by atoms with Crippen molar-refractivity contribution in [3.05, 3.63) is 53.1 Å². The van der Waals surface area contributed by atoms with E-state index in [9.17, 15) is 8.42 Å². The average Bonchev–Trinajstić information content (AvgIpc) is 2.46. The normalized spacial score (nSPS) is 11.3. The lowest BCUT2D eigenvalue weighted by Crippen LogP contribution is -2.20. The van der Waals surface area contributed by atoms with Gasteiger partial charge in [0.2, 0.25) is 10.0 Å². The van der Waals surface area contributed by atoms with Crippen molar-refractivity contribution >= 4 is 33.0 Å². The van der Waals surface area contributed by atoms with E-state index in [1.54, 1.807) is 12.1 Å². The molecule has 2 aromatic carbocycles. The molecule has 0 saturated carbocycles. The predicted molar refractivity (Wildman–Crippen MR) is 85.9 cm³/mol. The maximum absolute atomic E-state index is 11.7. The van der Waals surface area contributed by atoms with Crippen LogP contribution in [0.15, 0.2) is 47.4 Å². The van der Waals surface area contributed by atoms with Crippen LogP contribution in [0.5, 0.6) is 0 Å². The first-order valence-corrected chi connectivity index (χ1v) is 8.10. The van der Waals surface area contributed by atoms with Crippen LogP contribution in [-0.4, -0.2) is 15.5 Å². The lowest BCUT2D eigenvalue weighted by Gasteiger charge is -2.11. The molecule has 2 aromatic rings. The number of rotatable bonds is 5. The van der Waals surface area contributed by atoms with Crippen molar-refractivity contribution in [2.24, 2.45) is 0 Å². The maximum Gasteiger partial charge on any atom is 0.242 e. The van der Waals surface area contributed by atoms with E-state index in [-0.39, 0.29) is 10.6 Å². The van der Waals surface area contributed by atoms with E-state index in [0.29, 0.717) is 11.6 Å². The first-order chi connectivity index (χ1) is 9.94. The number of hydrogen-bond donors (Lipinski definition) is 3. The quantitative estimate of drug-likeness (QED) is 0.737. The second kappa shape index (κ2) is 6.34. The highest BCUT2D eigenvalue weighted by Gasteiger charge is 2.15. The molecule has 21 heavy (non-hydrogen) atoms. The Labute approximate surface area is 129 Å². The molecule has 0 heterocycles. The summed E-state index contributed by atoms with van der Waals surface area (Å²) in [6, 6.07) is 12.2. The van der Waals surface area contributed by atoms with E-state index in [2.05, 4.69) is 10.0 Å². The van der Waals surface area contributed by atoms with E-state index in [1.807, 2.05) is 24.3 Å². The van der Waals surface area contributed by atoms with Crippen LogP contribution in [0, 0.1) is 0 Å². The fourth-order valence-corrected chi connectivity index (χ4v) is 2.89. The zero-order chi connectivity index (χ0) is 15.5. The molecular weight excluding hydrogens is 310 g/mol. The van der Waals surface area contributed by atoms with E-state index in [0.717, 1.165) is 11.3 Å². The molecule has 5 nitrogen and oxygen atoms in total. The smallest absolute Gasteiger partial charge is 0.242 e. The number of sulfonamides is 1. The summed E-state index contributed by atoms with van der Waals surface area (Å²) in [6.07, 6.45) is 0. The summed E-state index contributed by atoms with van der Waals surface area (Å²) in [5.74, 6) is 0. The Bertz CT molecular complexity index is 748. The molecule has 112 valence electrons. The standard InChI is InChI=1S/C14H16ClN3O2S/c1-17-21(19,20)14-7-6-11(8-13(14)16)18-9-10-4-2-3-5-12(10)15/h2-8,17-18H,9,16H2,1H3. The van der Waals surface area contributed by atoms with Crippen LogP contribution in [0.2, 0.25) is 5.02 Å². The van der Waals surface area contributed by atoms with Crippen molar-refractivity contribution in [2.45, 2.75) is 11.4 Å². The second-order valence-corrected chi connectivity index (χ2v) is 6.67. The van der Waals surface area contributed by atoms with Gasteiger partial charge in [-0.05, 0) is 36.9 Å². The number of nitrogens with one attached hydrogen (secondary N) is 2. The third-order valence-electron chi connectivity index (χ3n) is 3.01. The molecule has 0 radical (unpaired) electrons. The third-order valence-corrected chi connectivity index (χ3v) is 4.87. The van der Waals surface area contributed by atoms with Crippen LogP contribution in [0.3, 0.4) is 0 Å². The third kappa shape index (κ3) is 3.66. The van der Waals surface area contributed by atoms with Crippen molar-refractivity contribution in [1.29, 1.82) is 0 Å². The predicted octanol–water partition coefficient (Wildman–Crippen LogP) is 2.44. The molecule has 4 N–H and O–H groups in total. The summed E-state index contributed by atoms with van der Waals surface area (Å²) in [5.41, 5.74) is 7.66. The first kappa shape index (κ1) is 15.6. The Morgan fingerprint density at radius 1 is 1.19 bits per heavy atom. The molecule has 0 saturated heterocycles. The number of hydrogen-bond acceptors (Lipinski definition) is 4. The summed E-state index contributed by atoms with van der Waals surface area (Å²) >= 11 is 6.07. The van der Waals surface area contributed by atoms with Gasteiger partial charge in [-0.1, -0.05) is 29.8 Å². The van der Waals surface area contributed by atoms with Gasteiger partial charge in [0.25, 0.3) is 0 Å². The number of nitrogen functional groups attached to an aromatic ring is 1. The minimum Gasteiger partial charge on any atom is -0.398 e. The van der Waals surface area contributed by atoms with Crippen LogP contribution in [-0.2, 0) is 16.6 Å². The van der Waals surface area contributed by atoms with Crippen LogP contribution >= 0.6 is 11.6 Å². The van der Waals surface area contributed by atoms with E-state index in [4.69, 9.17) is 17.3 Å². The van der Waals surface area contributed by atoms with E-state index < -0.39 is 10.0 Å². The zero-order valence-electron chi connectivity index (χ0n) is 11.4. The van der Waals surface area contributed by atoms with Crippen LogP contribution in [0.4, 0.5) is 11.4 Å². The Hall–Kier alpha value is -1.76. The maximum atomic E-state index is 11.7. The highest BCUT2D eigenvalue weighted by atomic mass is 35.5. The zero-order valence-corrected chi connectivity index (χ0v) is 13.0. The largest absolute Gasteiger partial charge is 0.398 e. The molecule has 0 spiro atoms. The van der Waals surface area contributed by atoms with Crippen molar-refractivity contribution in [2.75, 3.05) is 18.1 Å². The van der Waals surface area contributed by atoms with Gasteiger partial charge in [-0.15, -0.1) is 0 Å². The molecule has 0 unspecified atom stereocenters. The fourth-order valence-electron chi connectivity index (χ4n) is 1.85. The highest BCUT2D eigenvalue weighted by Crippen LogP contribution is 2.23. The number of nitrogens with two attached hydrogens (primary N) is 1.